The molecule has 0 atom stereocenters. The van der Waals surface area contributed by atoms with Gasteiger partial charge in [0.1, 0.15) is 23.8 Å². The van der Waals surface area contributed by atoms with Gasteiger partial charge >= 0.3 is 10.4 Å². The molecular formula is C39H34N7O10S+. The number of fused-ring (bicyclic) bond motifs is 9. The summed E-state index contributed by atoms with van der Waals surface area (Å²) in [7, 11) is -2.61. The second-order valence-corrected chi connectivity index (χ2v) is 12.1. The average molecular weight is 793 g/mol. The minimum absolute atomic E-state index is 0.110. The van der Waals surface area contributed by atoms with Gasteiger partial charge < -0.3 is 10.4 Å². The van der Waals surface area contributed by atoms with Gasteiger partial charge in [0.05, 0.1) is 16.6 Å². The van der Waals surface area contributed by atoms with Crippen LogP contribution in [0.15, 0.2) is 134 Å². The highest BCUT2D eigenvalue weighted by molar-refractivity contribution is 7.79. The number of aromatic nitrogens is 6. The van der Waals surface area contributed by atoms with E-state index in [0.29, 0.717) is 4.73 Å². The van der Waals surface area contributed by atoms with Crippen molar-refractivity contribution in [2.45, 2.75) is 13.8 Å². The van der Waals surface area contributed by atoms with Gasteiger partial charge in [-0.3, -0.25) is 28.7 Å². The Hall–Kier alpha value is -7.41. The molecule has 57 heavy (non-hydrogen) atoms. The molecule has 6 heterocycles. The largest absolute Gasteiger partial charge is 0.618 e. The number of hydrogen-bond donors (Lipinski definition) is 3. The molecule has 2 aromatic carbocycles. The highest BCUT2D eigenvalue weighted by atomic mass is 32.3. The molecule has 0 amide bonds. The van der Waals surface area contributed by atoms with Gasteiger partial charge in [0, 0.05) is 58.5 Å². The number of carbonyl (C=O) groups excluding carboxylic acids is 2. The van der Waals surface area contributed by atoms with Crippen LogP contribution in [0.25, 0.3) is 55.0 Å². The van der Waals surface area contributed by atoms with Crippen LogP contribution in [0.1, 0.15) is 34.6 Å². The number of hydrogen-bond acceptors (Lipinski definition) is 11. The highest BCUT2D eigenvalue weighted by Crippen LogP contribution is 2.28. The predicted molar refractivity (Wildman–Crippen MR) is 209 cm³/mol. The molecule has 17 nitrogen and oxygen atoms in total. The Labute approximate surface area is 324 Å². The summed E-state index contributed by atoms with van der Waals surface area (Å²) in [6.07, 6.45) is 10.3. The molecule has 1 aliphatic carbocycles. The van der Waals surface area contributed by atoms with Gasteiger partial charge in [0.25, 0.3) is 10.8 Å². The Morgan fingerprint density at radius 2 is 1.00 bits per heavy atom. The van der Waals surface area contributed by atoms with Gasteiger partial charge in [-0.2, -0.15) is 17.7 Å². The van der Waals surface area contributed by atoms with Crippen LogP contribution in [0.2, 0.25) is 0 Å². The molecule has 3 N–H and O–H groups in total. The fourth-order valence-electron chi connectivity index (χ4n) is 5.61. The van der Waals surface area contributed by atoms with Gasteiger partial charge in [-0.15, -0.1) is 10.1 Å². The maximum atomic E-state index is 11.8. The summed E-state index contributed by atoms with van der Waals surface area (Å²) in [5.41, 5.74) is 4.92. The standard InChI is InChI=1S/C13H11N2.C12H6N2O3.C12H8N2.C2H6.HNO3.H2O4S/c1-15-9-3-5-11-7-6-10-4-2-8-14-12(10)13(11)15;15-11-7-3-1-5-13-9(7)10-8(12(11)16)4-2-6-14(10)17;1-3-9-5-6-10-4-2-8-14-12(10)11(9)13-7-1;1-2;2-1(3)4;1-5(2,3)4/h2-9H,1H3;1-6H;1-8H;1-2H3;(H,2,3,4);(H2,1,2,3,4)/q+1;;;;;. The molecule has 290 valence electrons. The van der Waals surface area contributed by atoms with Crippen LogP contribution in [-0.4, -0.2) is 59.3 Å². The molecule has 0 aliphatic heterocycles. The van der Waals surface area contributed by atoms with E-state index in [0.717, 1.165) is 27.3 Å². The van der Waals surface area contributed by atoms with Crippen LogP contribution in [0.3, 0.4) is 0 Å². The predicted octanol–water partition coefficient (Wildman–Crippen LogP) is 5.78. The first-order chi connectivity index (χ1) is 27.2. The third kappa shape index (κ3) is 10.9. The van der Waals surface area contributed by atoms with Crippen LogP contribution in [0.4, 0.5) is 0 Å². The second kappa shape index (κ2) is 19.3. The first-order valence-electron chi connectivity index (χ1n) is 16.7. The summed E-state index contributed by atoms with van der Waals surface area (Å²) in [6.45, 7) is 4.00. The van der Waals surface area contributed by atoms with E-state index < -0.39 is 27.1 Å². The minimum atomic E-state index is -4.67. The van der Waals surface area contributed by atoms with Gasteiger partial charge in [-0.1, -0.05) is 50.2 Å². The molecule has 0 saturated carbocycles. The fourth-order valence-corrected chi connectivity index (χ4v) is 5.61. The Balaban J connectivity index is 0.000000168. The third-order valence-corrected chi connectivity index (χ3v) is 7.75. The van der Waals surface area contributed by atoms with Crippen molar-refractivity contribution in [2.24, 2.45) is 7.05 Å². The maximum absolute atomic E-state index is 11.8. The Bertz CT molecular complexity index is 2770. The monoisotopic (exact) mass is 792 g/mol. The van der Waals surface area contributed by atoms with Gasteiger partial charge in [-0.05, 0) is 48.5 Å². The zero-order valence-corrected chi connectivity index (χ0v) is 31.3. The Morgan fingerprint density at radius 1 is 0.614 bits per heavy atom. The molecule has 18 heteroatoms. The van der Waals surface area contributed by atoms with Crippen LogP contribution in [-0.2, 0) is 17.4 Å². The molecule has 1 aliphatic rings. The lowest BCUT2D eigenvalue weighted by molar-refractivity contribution is -0.742. The minimum Gasteiger partial charge on any atom is -0.618 e. The number of ketones is 2. The Morgan fingerprint density at radius 3 is 1.54 bits per heavy atom. The Kier molecular flexibility index (Phi) is 14.3. The molecule has 0 bridgehead atoms. The second-order valence-electron chi connectivity index (χ2n) is 11.3. The fraction of sp³-hybridized carbons (Fsp3) is 0.0769. The van der Waals surface area contributed by atoms with E-state index in [9.17, 15) is 14.8 Å². The van der Waals surface area contributed by atoms with Crippen LogP contribution < -0.4 is 9.30 Å². The number of benzene rings is 2. The normalized spacial score (nSPS) is 11.0. The molecule has 6 aromatic heterocycles. The number of pyridine rings is 6. The highest BCUT2D eigenvalue weighted by Gasteiger charge is 2.36. The van der Waals surface area contributed by atoms with E-state index in [1.54, 1.807) is 18.5 Å². The molecule has 0 radical (unpaired) electrons. The zero-order valence-electron chi connectivity index (χ0n) is 30.4. The maximum Gasteiger partial charge on any atom is 0.394 e. The van der Waals surface area contributed by atoms with Crippen molar-refractivity contribution < 1.29 is 46.7 Å². The smallest absolute Gasteiger partial charge is 0.394 e. The molecule has 0 saturated heterocycles. The summed E-state index contributed by atoms with van der Waals surface area (Å²) in [6, 6.07) is 30.6. The van der Waals surface area contributed by atoms with Crippen molar-refractivity contribution in [3.8, 4) is 11.4 Å². The van der Waals surface area contributed by atoms with Crippen molar-refractivity contribution >= 4 is 65.6 Å². The summed E-state index contributed by atoms with van der Waals surface area (Å²) < 4.78 is 34.3. The van der Waals surface area contributed by atoms with E-state index in [4.69, 9.17) is 32.8 Å². The molecule has 0 spiro atoms. The molecule has 9 rings (SSSR count). The number of nitrogens with zero attached hydrogens (tertiary/aromatic N) is 7. The SMILES string of the molecule is CC.C[n+]1cccc2ccc3cccnc3c21.O=C1C(=O)c2ccc[n+]([O-])c2-c2ncccc21.O=S(=O)(O)O.O=[N+]([O-])O.c1cnc2c(c1)ccc1cccnc12. The van der Waals surface area contributed by atoms with Crippen molar-refractivity contribution in [3.05, 3.63) is 161 Å². The van der Waals surface area contributed by atoms with E-state index in [2.05, 4.69) is 92.3 Å². The van der Waals surface area contributed by atoms with E-state index in [1.807, 2.05) is 38.2 Å². The van der Waals surface area contributed by atoms with E-state index in [1.165, 1.54) is 46.9 Å². The van der Waals surface area contributed by atoms with Crippen molar-refractivity contribution in [1.82, 2.24) is 19.9 Å². The summed E-state index contributed by atoms with van der Waals surface area (Å²) >= 11 is 0. The van der Waals surface area contributed by atoms with Crippen LogP contribution >= 0.6 is 0 Å². The molecular weight excluding hydrogens is 759 g/mol. The average Bonchev–Trinajstić information content (AvgIpc) is 3.20. The lowest BCUT2D eigenvalue weighted by atomic mass is 9.90. The lowest BCUT2D eigenvalue weighted by Gasteiger charge is -2.14. The number of aryl methyl sites for hydroxylation is 1. The van der Waals surface area contributed by atoms with E-state index in [-0.39, 0.29) is 22.5 Å². The van der Waals surface area contributed by atoms with Crippen LogP contribution in [0, 0.1) is 15.3 Å². The number of Topliss-reactive ketones (excluding diaryl/α,β-unsaturated/α-hetero) is 2. The van der Waals surface area contributed by atoms with Gasteiger partial charge in [0.15, 0.2) is 12.4 Å². The zero-order chi connectivity index (χ0) is 41.7. The van der Waals surface area contributed by atoms with Gasteiger partial charge in [0.2, 0.25) is 17.1 Å². The molecule has 0 fully saturated rings. The summed E-state index contributed by atoms with van der Waals surface area (Å²) in [5.74, 6) is -1.28. The van der Waals surface area contributed by atoms with Crippen molar-refractivity contribution in [1.29, 1.82) is 0 Å². The third-order valence-electron chi connectivity index (χ3n) is 7.75. The topological polar surface area (TPSA) is 254 Å². The summed E-state index contributed by atoms with van der Waals surface area (Å²) in [5, 5.41) is 30.0. The first-order valence-corrected chi connectivity index (χ1v) is 18.1. The van der Waals surface area contributed by atoms with Crippen LogP contribution in [0.5, 0.6) is 0 Å². The first kappa shape index (κ1) is 42.3. The lowest BCUT2D eigenvalue weighted by Crippen LogP contribution is -2.35. The molecule has 0 unspecified atom stereocenters. The number of rotatable bonds is 0. The quantitative estimate of drug-likeness (QED) is 0.0313. The van der Waals surface area contributed by atoms with Crippen molar-refractivity contribution in [3.63, 3.8) is 0 Å². The van der Waals surface area contributed by atoms with Gasteiger partial charge in [-0.25, -0.2) is 9.97 Å². The number of carbonyl (C=O) groups is 2. The van der Waals surface area contributed by atoms with Crippen molar-refractivity contribution in [2.75, 3.05) is 0 Å². The summed E-state index contributed by atoms with van der Waals surface area (Å²) in [4.78, 5) is 49.1. The molecule has 8 aromatic rings. The van der Waals surface area contributed by atoms with E-state index >= 15 is 0 Å².